The topological polar surface area (TPSA) is 58.4 Å². The van der Waals surface area contributed by atoms with Crippen LogP contribution in [0.3, 0.4) is 0 Å². The van der Waals surface area contributed by atoms with Crippen LogP contribution in [0.2, 0.25) is 0 Å². The number of nitrogens with one attached hydrogen (secondary N) is 1. The molecule has 2 rings (SSSR count). The third-order valence-electron chi connectivity index (χ3n) is 3.53. The Balaban J connectivity index is 1.74. The van der Waals surface area contributed by atoms with Gasteiger partial charge < -0.3 is 16.0 Å². The van der Waals surface area contributed by atoms with Gasteiger partial charge in [0, 0.05) is 31.7 Å². The molecular formula is C18H23N3O. The zero-order valence-electron chi connectivity index (χ0n) is 13.0. The van der Waals surface area contributed by atoms with E-state index in [9.17, 15) is 4.79 Å². The molecule has 0 spiro atoms. The largest absolute Gasteiger partial charge is 0.351 e. The minimum Gasteiger partial charge on any atom is -0.351 e. The van der Waals surface area contributed by atoms with Gasteiger partial charge in [-0.3, -0.25) is 4.79 Å². The van der Waals surface area contributed by atoms with Crippen LogP contribution < -0.4 is 11.1 Å². The molecule has 0 saturated heterocycles. The number of amides is 1. The fourth-order valence-corrected chi connectivity index (χ4v) is 2.23. The lowest BCUT2D eigenvalue weighted by Gasteiger charge is -2.17. The predicted octanol–water partition coefficient (Wildman–Crippen LogP) is 2.01. The lowest BCUT2D eigenvalue weighted by atomic mass is 10.1. The van der Waals surface area contributed by atoms with Crippen molar-refractivity contribution in [3.05, 3.63) is 71.3 Å². The molecule has 0 aliphatic rings. The molecule has 2 aromatic carbocycles. The van der Waals surface area contributed by atoms with Gasteiger partial charge in [-0.2, -0.15) is 0 Å². The summed E-state index contributed by atoms with van der Waals surface area (Å²) in [6.07, 6.45) is 0. The summed E-state index contributed by atoms with van der Waals surface area (Å²) in [7, 11) is 2.05. The number of hydrogen-bond donors (Lipinski definition) is 2. The number of carbonyl (C=O) groups is 1. The Morgan fingerprint density at radius 2 is 1.73 bits per heavy atom. The van der Waals surface area contributed by atoms with E-state index in [0.717, 1.165) is 18.7 Å². The molecule has 2 aromatic rings. The summed E-state index contributed by atoms with van der Waals surface area (Å²) < 4.78 is 0. The lowest BCUT2D eigenvalue weighted by molar-refractivity contribution is 0.0949. The average Bonchev–Trinajstić information content (AvgIpc) is 2.55. The van der Waals surface area contributed by atoms with Gasteiger partial charge in [0.25, 0.3) is 5.91 Å². The van der Waals surface area contributed by atoms with Gasteiger partial charge in [0.2, 0.25) is 0 Å². The molecule has 4 nitrogen and oxygen atoms in total. The van der Waals surface area contributed by atoms with Crippen molar-refractivity contribution in [3.8, 4) is 0 Å². The van der Waals surface area contributed by atoms with Crippen molar-refractivity contribution < 1.29 is 4.79 Å². The Labute approximate surface area is 131 Å². The first-order valence-electron chi connectivity index (χ1n) is 7.48. The molecule has 0 aromatic heterocycles. The van der Waals surface area contributed by atoms with Crippen molar-refractivity contribution in [2.24, 2.45) is 5.73 Å². The van der Waals surface area contributed by atoms with Crippen LogP contribution >= 0.6 is 0 Å². The van der Waals surface area contributed by atoms with E-state index in [-0.39, 0.29) is 5.91 Å². The predicted molar refractivity (Wildman–Crippen MR) is 89.4 cm³/mol. The first kappa shape index (κ1) is 16.2. The SMILES string of the molecule is CN(CCNC(=O)c1ccc(CN)cc1)Cc1ccccc1. The van der Waals surface area contributed by atoms with E-state index < -0.39 is 0 Å². The molecule has 116 valence electrons. The van der Waals surface area contributed by atoms with E-state index in [1.807, 2.05) is 42.5 Å². The van der Waals surface area contributed by atoms with Gasteiger partial charge in [-0.15, -0.1) is 0 Å². The zero-order chi connectivity index (χ0) is 15.8. The number of hydrogen-bond acceptors (Lipinski definition) is 3. The summed E-state index contributed by atoms with van der Waals surface area (Å²) in [6.45, 7) is 2.80. The molecule has 0 saturated carbocycles. The van der Waals surface area contributed by atoms with Crippen LogP contribution in [-0.4, -0.2) is 30.9 Å². The number of rotatable bonds is 7. The van der Waals surface area contributed by atoms with Gasteiger partial charge in [0.15, 0.2) is 0 Å². The Kier molecular flexibility index (Phi) is 6.13. The number of benzene rings is 2. The zero-order valence-corrected chi connectivity index (χ0v) is 13.0. The summed E-state index contributed by atoms with van der Waals surface area (Å²) in [6, 6.07) is 17.7. The second kappa shape index (κ2) is 8.32. The summed E-state index contributed by atoms with van der Waals surface area (Å²) in [5.74, 6) is -0.0447. The van der Waals surface area contributed by atoms with E-state index in [0.29, 0.717) is 18.7 Å². The van der Waals surface area contributed by atoms with E-state index in [2.05, 4.69) is 29.4 Å². The minimum absolute atomic E-state index is 0.0447. The third-order valence-corrected chi connectivity index (χ3v) is 3.53. The summed E-state index contributed by atoms with van der Waals surface area (Å²) in [5.41, 5.74) is 8.51. The molecule has 0 bridgehead atoms. The molecule has 3 N–H and O–H groups in total. The number of likely N-dealkylation sites (N-methyl/N-ethyl adjacent to an activating group) is 1. The van der Waals surface area contributed by atoms with Crippen molar-refractivity contribution in [1.29, 1.82) is 0 Å². The molecule has 0 radical (unpaired) electrons. The maximum Gasteiger partial charge on any atom is 0.251 e. The monoisotopic (exact) mass is 297 g/mol. The Hall–Kier alpha value is -2.17. The first-order chi connectivity index (χ1) is 10.7. The van der Waals surface area contributed by atoms with Gasteiger partial charge in [0.05, 0.1) is 0 Å². The van der Waals surface area contributed by atoms with E-state index in [1.54, 1.807) is 0 Å². The maximum absolute atomic E-state index is 12.0. The van der Waals surface area contributed by atoms with Crippen LogP contribution in [-0.2, 0) is 13.1 Å². The quantitative estimate of drug-likeness (QED) is 0.822. The van der Waals surface area contributed by atoms with Crippen LogP contribution in [0.1, 0.15) is 21.5 Å². The highest BCUT2D eigenvalue weighted by Crippen LogP contribution is 2.04. The van der Waals surface area contributed by atoms with Gasteiger partial charge in [-0.25, -0.2) is 0 Å². The average molecular weight is 297 g/mol. The normalized spacial score (nSPS) is 10.7. The summed E-state index contributed by atoms with van der Waals surface area (Å²) in [5, 5.41) is 2.94. The van der Waals surface area contributed by atoms with Crippen molar-refractivity contribution in [3.63, 3.8) is 0 Å². The van der Waals surface area contributed by atoms with Crippen molar-refractivity contribution in [2.75, 3.05) is 20.1 Å². The molecule has 0 heterocycles. The van der Waals surface area contributed by atoms with Gasteiger partial charge >= 0.3 is 0 Å². The fraction of sp³-hybridized carbons (Fsp3) is 0.278. The van der Waals surface area contributed by atoms with E-state index >= 15 is 0 Å². The van der Waals surface area contributed by atoms with E-state index in [4.69, 9.17) is 5.73 Å². The van der Waals surface area contributed by atoms with Gasteiger partial charge in [0.1, 0.15) is 0 Å². The molecule has 22 heavy (non-hydrogen) atoms. The maximum atomic E-state index is 12.0. The lowest BCUT2D eigenvalue weighted by Crippen LogP contribution is -2.32. The van der Waals surface area contributed by atoms with Crippen LogP contribution in [0.25, 0.3) is 0 Å². The first-order valence-corrected chi connectivity index (χ1v) is 7.48. The van der Waals surface area contributed by atoms with Crippen molar-refractivity contribution in [2.45, 2.75) is 13.1 Å². The smallest absolute Gasteiger partial charge is 0.251 e. The summed E-state index contributed by atoms with van der Waals surface area (Å²) in [4.78, 5) is 14.2. The fourth-order valence-electron chi connectivity index (χ4n) is 2.23. The Morgan fingerprint density at radius 1 is 1.05 bits per heavy atom. The third kappa shape index (κ3) is 4.98. The molecule has 4 heteroatoms. The van der Waals surface area contributed by atoms with Crippen LogP contribution in [0, 0.1) is 0 Å². The molecule has 0 unspecified atom stereocenters. The minimum atomic E-state index is -0.0447. The molecular weight excluding hydrogens is 274 g/mol. The number of carbonyl (C=O) groups excluding carboxylic acids is 1. The van der Waals surface area contributed by atoms with Crippen LogP contribution in [0.15, 0.2) is 54.6 Å². The number of nitrogens with two attached hydrogens (primary N) is 1. The standard InChI is InChI=1S/C18H23N3O/c1-21(14-16-5-3-2-4-6-16)12-11-20-18(22)17-9-7-15(13-19)8-10-17/h2-10H,11-14,19H2,1H3,(H,20,22). The second-order valence-electron chi connectivity index (χ2n) is 5.38. The van der Waals surface area contributed by atoms with Gasteiger partial charge in [-0.1, -0.05) is 42.5 Å². The molecule has 0 aliphatic heterocycles. The number of nitrogens with zero attached hydrogens (tertiary/aromatic N) is 1. The van der Waals surface area contributed by atoms with Crippen molar-refractivity contribution >= 4 is 5.91 Å². The molecule has 0 atom stereocenters. The summed E-state index contributed by atoms with van der Waals surface area (Å²) >= 11 is 0. The highest BCUT2D eigenvalue weighted by molar-refractivity contribution is 5.94. The second-order valence-corrected chi connectivity index (χ2v) is 5.38. The van der Waals surface area contributed by atoms with Gasteiger partial charge in [-0.05, 0) is 30.3 Å². The molecule has 0 fully saturated rings. The van der Waals surface area contributed by atoms with Crippen molar-refractivity contribution in [1.82, 2.24) is 10.2 Å². The Morgan fingerprint density at radius 3 is 2.36 bits per heavy atom. The highest BCUT2D eigenvalue weighted by Gasteiger charge is 2.05. The van der Waals surface area contributed by atoms with E-state index in [1.165, 1.54) is 5.56 Å². The van der Waals surface area contributed by atoms with Crippen LogP contribution in [0.5, 0.6) is 0 Å². The molecule has 1 amide bonds. The highest BCUT2D eigenvalue weighted by atomic mass is 16.1. The van der Waals surface area contributed by atoms with Crippen LogP contribution in [0.4, 0.5) is 0 Å². The molecule has 0 aliphatic carbocycles. The Bertz CT molecular complexity index is 581.